The van der Waals surface area contributed by atoms with E-state index < -0.39 is 6.10 Å². The van der Waals surface area contributed by atoms with Gasteiger partial charge in [-0.3, -0.25) is 9.59 Å². The third-order valence-corrected chi connectivity index (χ3v) is 8.31. The Labute approximate surface area is 196 Å². The third kappa shape index (κ3) is 4.86. The molecule has 4 rings (SSSR count). The van der Waals surface area contributed by atoms with Crippen molar-refractivity contribution in [3.05, 3.63) is 60.1 Å². The number of hydrogen-bond donors (Lipinski definition) is 3. The summed E-state index contributed by atoms with van der Waals surface area (Å²) in [4.78, 5) is 25.6. The van der Waals surface area contributed by atoms with Crippen LogP contribution in [0.2, 0.25) is 0 Å². The third-order valence-electron chi connectivity index (χ3n) is 8.31. The molecule has 6 nitrogen and oxygen atoms in total. The summed E-state index contributed by atoms with van der Waals surface area (Å²) in [6.07, 6.45) is 4.69. The first kappa shape index (κ1) is 23.6. The fraction of sp³-hybridized carbons (Fsp3) is 0.556. The zero-order valence-electron chi connectivity index (χ0n) is 19.8. The summed E-state index contributed by atoms with van der Waals surface area (Å²) in [7, 11) is 0. The molecule has 2 saturated carbocycles. The summed E-state index contributed by atoms with van der Waals surface area (Å²) in [5, 5.41) is 17.7. The average Bonchev–Trinajstić information content (AvgIpc) is 3.33. The molecule has 0 radical (unpaired) electrons. The van der Waals surface area contributed by atoms with Gasteiger partial charge in [0.15, 0.2) is 0 Å². The molecule has 33 heavy (non-hydrogen) atoms. The predicted octanol–water partition coefficient (Wildman–Crippen LogP) is 4.15. The molecular formula is C27H36N2O4. The van der Waals surface area contributed by atoms with Crippen LogP contribution < -0.4 is 10.6 Å². The molecule has 7 atom stereocenters. The van der Waals surface area contributed by atoms with Crippen LogP contribution >= 0.6 is 0 Å². The van der Waals surface area contributed by atoms with E-state index >= 15 is 0 Å². The second-order valence-corrected chi connectivity index (χ2v) is 10.3. The summed E-state index contributed by atoms with van der Waals surface area (Å²) < 4.78 is 5.31. The second kappa shape index (κ2) is 9.72. The lowest BCUT2D eigenvalue weighted by Crippen LogP contribution is -2.58. The fourth-order valence-electron chi connectivity index (χ4n) is 6.28. The zero-order valence-corrected chi connectivity index (χ0v) is 19.8. The Kier molecular flexibility index (Phi) is 6.94. The Morgan fingerprint density at radius 1 is 1.15 bits per heavy atom. The Balaban J connectivity index is 1.43. The minimum atomic E-state index is -0.584. The summed E-state index contributed by atoms with van der Waals surface area (Å²) in [6, 6.07) is 12.9. The van der Waals surface area contributed by atoms with Gasteiger partial charge in [-0.2, -0.15) is 0 Å². The standard InChI is InChI=1S/C27H36N2O4/c1-17(25(31)28-16-20-10-7-15-33-20)21-11-13-27(3)14-12-22(18(2)23(27)24(21)30)29-26(32)19-8-5-4-6-9-19/h4-10,15,17-18,21-24,30H,11-14,16H2,1-3H3,(H,28,31)(H,29,32)/t17-,18-,21-,22-,23+,24-,27+/m0/s1. The Morgan fingerprint density at radius 2 is 1.88 bits per heavy atom. The number of aliphatic hydroxyl groups excluding tert-OH is 1. The Morgan fingerprint density at radius 3 is 2.58 bits per heavy atom. The van der Waals surface area contributed by atoms with Gasteiger partial charge in [0.05, 0.1) is 18.9 Å². The molecule has 1 heterocycles. The highest BCUT2D eigenvalue weighted by Crippen LogP contribution is 2.55. The van der Waals surface area contributed by atoms with Crippen molar-refractivity contribution in [1.82, 2.24) is 10.6 Å². The zero-order chi connectivity index (χ0) is 23.6. The van der Waals surface area contributed by atoms with Crippen LogP contribution in [0.5, 0.6) is 0 Å². The van der Waals surface area contributed by atoms with Crippen molar-refractivity contribution in [2.45, 2.75) is 65.1 Å². The number of hydrogen-bond acceptors (Lipinski definition) is 4. The molecule has 0 spiro atoms. The fourth-order valence-corrected chi connectivity index (χ4v) is 6.28. The molecule has 3 N–H and O–H groups in total. The molecular weight excluding hydrogens is 416 g/mol. The van der Waals surface area contributed by atoms with Gasteiger partial charge >= 0.3 is 0 Å². The van der Waals surface area contributed by atoms with E-state index in [0.29, 0.717) is 17.9 Å². The molecule has 178 valence electrons. The number of rotatable bonds is 6. The molecule has 2 aromatic rings. The van der Waals surface area contributed by atoms with E-state index in [2.05, 4.69) is 24.5 Å². The quantitative estimate of drug-likeness (QED) is 0.614. The number of furan rings is 1. The highest BCUT2D eigenvalue weighted by Gasteiger charge is 2.53. The highest BCUT2D eigenvalue weighted by atomic mass is 16.3. The van der Waals surface area contributed by atoms with E-state index in [-0.39, 0.29) is 46.9 Å². The first-order chi connectivity index (χ1) is 15.8. The van der Waals surface area contributed by atoms with Gasteiger partial charge in [0.1, 0.15) is 5.76 Å². The van der Waals surface area contributed by atoms with Crippen molar-refractivity contribution in [2.24, 2.45) is 29.1 Å². The van der Waals surface area contributed by atoms with E-state index in [4.69, 9.17) is 4.42 Å². The van der Waals surface area contributed by atoms with E-state index in [1.807, 2.05) is 43.3 Å². The lowest BCUT2D eigenvalue weighted by molar-refractivity contribution is -0.142. The van der Waals surface area contributed by atoms with Crippen molar-refractivity contribution >= 4 is 11.8 Å². The molecule has 0 aliphatic heterocycles. The number of carbonyl (C=O) groups excluding carboxylic acids is 2. The molecule has 0 saturated heterocycles. The van der Waals surface area contributed by atoms with Crippen LogP contribution in [-0.2, 0) is 11.3 Å². The maximum Gasteiger partial charge on any atom is 0.251 e. The van der Waals surface area contributed by atoms with Crippen molar-refractivity contribution in [2.75, 3.05) is 0 Å². The van der Waals surface area contributed by atoms with Gasteiger partial charge in [-0.1, -0.05) is 39.0 Å². The smallest absolute Gasteiger partial charge is 0.251 e. The van der Waals surface area contributed by atoms with E-state index in [9.17, 15) is 14.7 Å². The van der Waals surface area contributed by atoms with E-state index in [1.165, 1.54) is 0 Å². The number of nitrogens with one attached hydrogen (secondary N) is 2. The summed E-state index contributed by atoms with van der Waals surface area (Å²) in [5.74, 6) is 0.334. The van der Waals surface area contributed by atoms with Crippen molar-refractivity contribution in [1.29, 1.82) is 0 Å². The van der Waals surface area contributed by atoms with Crippen LogP contribution in [0.4, 0.5) is 0 Å². The Bertz CT molecular complexity index is 944. The minimum Gasteiger partial charge on any atom is -0.467 e. The number of fused-ring (bicyclic) bond motifs is 1. The number of amides is 2. The number of aliphatic hydroxyl groups is 1. The van der Waals surface area contributed by atoms with Gasteiger partial charge in [-0.25, -0.2) is 0 Å². The van der Waals surface area contributed by atoms with Crippen molar-refractivity contribution < 1.29 is 19.1 Å². The first-order valence-corrected chi connectivity index (χ1v) is 12.1. The maximum absolute atomic E-state index is 12.9. The predicted molar refractivity (Wildman–Crippen MR) is 126 cm³/mol. The summed E-state index contributed by atoms with van der Waals surface area (Å²) >= 11 is 0. The minimum absolute atomic E-state index is 0.00673. The molecule has 2 aliphatic carbocycles. The van der Waals surface area contributed by atoms with Crippen LogP contribution in [0.15, 0.2) is 53.1 Å². The van der Waals surface area contributed by atoms with Crippen LogP contribution in [0.25, 0.3) is 0 Å². The Hall–Kier alpha value is -2.60. The van der Waals surface area contributed by atoms with Crippen molar-refractivity contribution in [3.8, 4) is 0 Å². The summed E-state index contributed by atoms with van der Waals surface area (Å²) in [5.41, 5.74) is 0.676. The maximum atomic E-state index is 12.9. The lowest BCUT2D eigenvalue weighted by Gasteiger charge is -2.56. The number of benzene rings is 1. The van der Waals surface area contributed by atoms with Gasteiger partial charge in [0.2, 0.25) is 5.91 Å². The first-order valence-electron chi connectivity index (χ1n) is 12.1. The SMILES string of the molecule is C[C@@H]1[C@@H]2[C@@H](O)[C@H]([C@H](C)C(=O)NCc3ccco3)CC[C@]2(C)CC[C@@H]1NC(=O)c1ccccc1. The molecule has 1 aromatic heterocycles. The van der Waals surface area contributed by atoms with Crippen LogP contribution in [-0.4, -0.2) is 29.1 Å². The molecule has 6 heteroatoms. The largest absolute Gasteiger partial charge is 0.467 e. The van der Waals surface area contributed by atoms with Gasteiger partial charge in [0.25, 0.3) is 5.91 Å². The molecule has 2 fully saturated rings. The van der Waals surface area contributed by atoms with E-state index in [1.54, 1.807) is 12.3 Å². The number of carbonyl (C=O) groups is 2. The van der Waals surface area contributed by atoms with Gasteiger partial charge in [0, 0.05) is 17.5 Å². The highest BCUT2D eigenvalue weighted by molar-refractivity contribution is 5.94. The molecule has 0 unspecified atom stereocenters. The van der Waals surface area contributed by atoms with Gasteiger partial charge < -0.3 is 20.2 Å². The van der Waals surface area contributed by atoms with Gasteiger partial charge in [-0.05, 0) is 73.1 Å². The molecule has 2 aliphatic rings. The van der Waals surface area contributed by atoms with Crippen LogP contribution in [0, 0.1) is 29.1 Å². The molecule has 1 aromatic carbocycles. The van der Waals surface area contributed by atoms with Gasteiger partial charge in [-0.15, -0.1) is 0 Å². The second-order valence-electron chi connectivity index (χ2n) is 10.3. The van der Waals surface area contributed by atoms with Crippen LogP contribution in [0.3, 0.4) is 0 Å². The van der Waals surface area contributed by atoms with Crippen molar-refractivity contribution in [3.63, 3.8) is 0 Å². The molecule has 0 bridgehead atoms. The average molecular weight is 453 g/mol. The summed E-state index contributed by atoms with van der Waals surface area (Å²) in [6.45, 7) is 6.68. The molecule has 2 amide bonds. The normalized spacial score (nSPS) is 32.4. The monoisotopic (exact) mass is 452 g/mol. The van der Waals surface area contributed by atoms with E-state index in [0.717, 1.165) is 25.7 Å². The topological polar surface area (TPSA) is 91.6 Å². The van der Waals surface area contributed by atoms with Crippen LogP contribution in [0.1, 0.15) is 62.6 Å². The lowest BCUT2D eigenvalue weighted by atomic mass is 9.51.